The van der Waals surface area contributed by atoms with Crippen LogP contribution in [0.3, 0.4) is 0 Å². The third kappa shape index (κ3) is 6.62. The van der Waals surface area contributed by atoms with Crippen molar-refractivity contribution in [1.82, 2.24) is 14.9 Å². The van der Waals surface area contributed by atoms with E-state index in [0.29, 0.717) is 42.4 Å². The summed E-state index contributed by atoms with van der Waals surface area (Å²) in [4.78, 5) is 11.4. The molecule has 1 aliphatic heterocycles. The number of ether oxygens (including phenoxy) is 2. The molecule has 0 spiro atoms. The summed E-state index contributed by atoms with van der Waals surface area (Å²) in [5, 5.41) is 6.25. The maximum atomic E-state index is 13.5. The topological polar surface area (TPSA) is 106 Å². The van der Waals surface area contributed by atoms with Crippen molar-refractivity contribution in [2.45, 2.75) is 61.7 Å². The molecule has 1 aromatic heterocycles. The number of likely N-dealkylation sites (N-methyl/N-ethyl adjacent to an activating group) is 1. The van der Waals surface area contributed by atoms with E-state index in [1.807, 2.05) is 25.1 Å². The number of benzene rings is 2. The Kier molecular flexibility index (Phi) is 8.97. The molecular weight excluding hydrogens is 550 g/mol. The van der Waals surface area contributed by atoms with E-state index >= 15 is 0 Å². The number of likely N-dealkylation sites (tertiary alicyclic amines) is 1. The van der Waals surface area contributed by atoms with E-state index in [1.54, 1.807) is 24.3 Å². The first kappa shape index (κ1) is 28.4. The molecule has 1 atom stereocenters. The summed E-state index contributed by atoms with van der Waals surface area (Å²) in [6.45, 7) is 4.31. The summed E-state index contributed by atoms with van der Waals surface area (Å²) in [6, 6.07) is 12.5. The fourth-order valence-corrected chi connectivity index (χ4v) is 7.42. The molecule has 11 heteroatoms. The van der Waals surface area contributed by atoms with Gasteiger partial charge in [-0.2, -0.15) is 4.98 Å². The Morgan fingerprint density at radius 1 is 1.05 bits per heavy atom. The van der Waals surface area contributed by atoms with Crippen LogP contribution in [0, 0.1) is 0 Å². The van der Waals surface area contributed by atoms with Gasteiger partial charge in [-0.1, -0.05) is 43.0 Å². The molecule has 1 unspecified atom stereocenters. The molecule has 0 bridgehead atoms. The summed E-state index contributed by atoms with van der Waals surface area (Å²) < 4.78 is 39.0. The Hall–Kier alpha value is -3.08. The number of hydrogen-bond donors (Lipinski definition) is 2. The van der Waals surface area contributed by atoms with Gasteiger partial charge < -0.3 is 25.0 Å². The van der Waals surface area contributed by atoms with Crippen LogP contribution in [0.25, 0.3) is 0 Å². The lowest BCUT2D eigenvalue weighted by molar-refractivity contribution is 0.207. The number of hydrogen-bond acceptors (Lipinski definition) is 9. The molecule has 0 radical (unpaired) electrons. The van der Waals surface area contributed by atoms with Crippen LogP contribution in [0.2, 0.25) is 5.02 Å². The van der Waals surface area contributed by atoms with Crippen LogP contribution >= 0.6 is 11.6 Å². The van der Waals surface area contributed by atoms with Gasteiger partial charge >= 0.3 is 0 Å². The lowest BCUT2D eigenvalue weighted by Gasteiger charge is -2.23. The average Bonchev–Trinajstić information content (AvgIpc) is 3.37. The zero-order valence-electron chi connectivity index (χ0n) is 22.9. The molecule has 9 nitrogen and oxygen atoms in total. The highest BCUT2D eigenvalue weighted by Crippen LogP contribution is 2.36. The normalized spacial score (nSPS) is 18.4. The van der Waals surface area contributed by atoms with Crippen molar-refractivity contribution >= 4 is 44.6 Å². The van der Waals surface area contributed by atoms with Crippen molar-refractivity contribution in [3.63, 3.8) is 0 Å². The highest BCUT2D eigenvalue weighted by atomic mass is 35.5. The quantitative estimate of drug-likeness (QED) is 0.287. The first-order valence-corrected chi connectivity index (χ1v) is 15.8. The maximum Gasteiger partial charge on any atom is 0.229 e. The first-order chi connectivity index (χ1) is 19.3. The monoisotopic (exact) mass is 585 g/mol. The molecule has 2 aromatic carbocycles. The summed E-state index contributed by atoms with van der Waals surface area (Å²) >= 11 is 6.45. The Morgan fingerprint density at radius 3 is 2.60 bits per heavy atom. The van der Waals surface area contributed by atoms with E-state index < -0.39 is 9.84 Å². The van der Waals surface area contributed by atoms with E-state index in [1.165, 1.54) is 6.20 Å². The number of rotatable bonds is 10. The predicted molar refractivity (Wildman–Crippen MR) is 158 cm³/mol. The highest BCUT2D eigenvalue weighted by Gasteiger charge is 2.31. The number of anilines is 4. The number of nitrogens with zero attached hydrogens (tertiary/aromatic N) is 3. The van der Waals surface area contributed by atoms with E-state index in [2.05, 4.69) is 32.5 Å². The Labute approximate surface area is 241 Å². The molecule has 1 aliphatic carbocycles. The van der Waals surface area contributed by atoms with Crippen LogP contribution < -0.4 is 20.1 Å². The second kappa shape index (κ2) is 12.6. The number of sulfone groups is 1. The number of para-hydroxylation sites is 1. The minimum atomic E-state index is -3.51. The summed E-state index contributed by atoms with van der Waals surface area (Å²) in [5.41, 5.74) is 1.11. The SMILES string of the molecule is CCOc1cc(OC2CCN(C)C2)ccc1Nc1ncc(Cl)c(Nc2ccccc2S(=O)(=O)C2CCCCC2)n1. The van der Waals surface area contributed by atoms with Gasteiger partial charge in [0, 0.05) is 19.2 Å². The van der Waals surface area contributed by atoms with Crippen LogP contribution in [0.1, 0.15) is 45.4 Å². The molecule has 214 valence electrons. The molecular formula is C29H36ClN5O4S. The molecule has 3 aromatic rings. The van der Waals surface area contributed by atoms with Gasteiger partial charge in [0.2, 0.25) is 5.95 Å². The van der Waals surface area contributed by atoms with Gasteiger partial charge in [0.25, 0.3) is 0 Å². The number of halogens is 1. The van der Waals surface area contributed by atoms with E-state index in [9.17, 15) is 8.42 Å². The van der Waals surface area contributed by atoms with Crippen molar-refractivity contribution in [1.29, 1.82) is 0 Å². The molecule has 40 heavy (non-hydrogen) atoms. The zero-order chi connectivity index (χ0) is 28.1. The van der Waals surface area contributed by atoms with Gasteiger partial charge in [-0.15, -0.1) is 0 Å². The van der Waals surface area contributed by atoms with Gasteiger partial charge in [-0.25, -0.2) is 13.4 Å². The van der Waals surface area contributed by atoms with Crippen LogP contribution in [0.15, 0.2) is 53.6 Å². The Morgan fingerprint density at radius 2 is 1.85 bits per heavy atom. The van der Waals surface area contributed by atoms with Gasteiger partial charge in [0.15, 0.2) is 15.7 Å². The smallest absolute Gasteiger partial charge is 0.229 e. The van der Waals surface area contributed by atoms with Crippen molar-refractivity contribution in [3.8, 4) is 11.5 Å². The first-order valence-electron chi connectivity index (χ1n) is 13.8. The molecule has 5 rings (SSSR count). The number of nitrogens with one attached hydrogen (secondary N) is 2. The standard InChI is InChI=1S/C29H36ClN5O4S/c1-3-38-26-17-20(39-21-15-16-35(2)19-21)13-14-24(26)33-29-31-18-23(30)28(34-29)32-25-11-7-8-12-27(25)40(36,37)22-9-5-4-6-10-22/h7-8,11-14,17-18,21-22H,3-6,9-10,15-16,19H2,1-2H3,(H2,31,32,33,34). The van der Waals surface area contributed by atoms with Crippen molar-refractivity contribution in [3.05, 3.63) is 53.7 Å². The Bertz CT molecular complexity index is 1430. The average molecular weight is 586 g/mol. The van der Waals surface area contributed by atoms with Crippen LogP contribution in [0.4, 0.5) is 23.1 Å². The lowest BCUT2D eigenvalue weighted by atomic mass is 10.0. The third-order valence-corrected chi connectivity index (χ3v) is 9.93. The fourth-order valence-electron chi connectivity index (χ4n) is 5.27. The van der Waals surface area contributed by atoms with Crippen molar-refractivity contribution in [2.24, 2.45) is 0 Å². The fraction of sp³-hybridized carbons (Fsp3) is 0.448. The minimum absolute atomic E-state index is 0.149. The second-order valence-corrected chi connectivity index (χ2v) is 12.9. The third-order valence-electron chi connectivity index (χ3n) is 7.33. The van der Waals surface area contributed by atoms with E-state index in [0.717, 1.165) is 44.5 Å². The van der Waals surface area contributed by atoms with Crippen LogP contribution in [0.5, 0.6) is 11.5 Å². The molecule has 2 fully saturated rings. The summed E-state index contributed by atoms with van der Waals surface area (Å²) in [7, 11) is -1.42. The second-order valence-electron chi connectivity index (χ2n) is 10.3. The van der Waals surface area contributed by atoms with Crippen LogP contribution in [-0.2, 0) is 9.84 Å². The molecule has 1 saturated heterocycles. The van der Waals surface area contributed by atoms with Crippen molar-refractivity contribution < 1.29 is 17.9 Å². The molecule has 2 aliphatic rings. The maximum absolute atomic E-state index is 13.5. The van der Waals surface area contributed by atoms with Crippen LogP contribution in [-0.4, -0.2) is 61.4 Å². The largest absolute Gasteiger partial charge is 0.492 e. The zero-order valence-corrected chi connectivity index (χ0v) is 24.5. The number of aromatic nitrogens is 2. The van der Waals surface area contributed by atoms with Gasteiger partial charge in [-0.05, 0) is 57.5 Å². The van der Waals surface area contributed by atoms with Gasteiger partial charge in [0.05, 0.1) is 34.3 Å². The molecule has 1 saturated carbocycles. The minimum Gasteiger partial charge on any atom is -0.492 e. The summed E-state index contributed by atoms with van der Waals surface area (Å²) in [5.74, 6) is 1.94. The van der Waals surface area contributed by atoms with Gasteiger partial charge in [0.1, 0.15) is 22.6 Å². The highest BCUT2D eigenvalue weighted by molar-refractivity contribution is 7.92. The lowest BCUT2D eigenvalue weighted by Crippen LogP contribution is -2.24. The molecule has 2 N–H and O–H groups in total. The van der Waals surface area contributed by atoms with Crippen molar-refractivity contribution in [2.75, 3.05) is 37.4 Å². The Balaban J connectivity index is 1.36. The summed E-state index contributed by atoms with van der Waals surface area (Å²) in [6.07, 6.45) is 6.92. The predicted octanol–water partition coefficient (Wildman–Crippen LogP) is 6.21. The van der Waals surface area contributed by atoms with E-state index in [4.69, 9.17) is 21.1 Å². The molecule has 2 heterocycles. The van der Waals surface area contributed by atoms with Gasteiger partial charge in [-0.3, -0.25) is 0 Å². The van der Waals surface area contributed by atoms with E-state index in [-0.39, 0.29) is 27.2 Å². The molecule has 0 amide bonds.